The lowest BCUT2D eigenvalue weighted by atomic mass is 9.86. The number of benzene rings is 1. The predicted molar refractivity (Wildman–Crippen MR) is 80.2 cm³/mol. The maximum atomic E-state index is 12.8. The van der Waals surface area contributed by atoms with Crippen molar-refractivity contribution in [2.45, 2.75) is 45.7 Å². The fraction of sp³-hybridized carbons (Fsp3) is 0.500. The van der Waals surface area contributed by atoms with Crippen molar-refractivity contribution in [2.24, 2.45) is 0 Å². The van der Waals surface area contributed by atoms with E-state index in [9.17, 15) is 9.59 Å². The Balaban J connectivity index is 2.51. The van der Waals surface area contributed by atoms with Gasteiger partial charge in [0.05, 0.1) is 7.11 Å². The lowest BCUT2D eigenvalue weighted by Gasteiger charge is -2.27. The van der Waals surface area contributed by atoms with Crippen molar-refractivity contribution in [1.29, 1.82) is 0 Å². The highest BCUT2D eigenvalue weighted by Crippen LogP contribution is 2.35. The predicted octanol–water partition coefficient (Wildman–Crippen LogP) is 2.57. The molecular weight excluding hydrogens is 268 g/mol. The number of hydrogen-bond acceptors (Lipinski definition) is 3. The minimum atomic E-state index is -0.974. The Kier molecular flexibility index (Phi) is 3.94. The molecule has 1 aliphatic heterocycles. The van der Waals surface area contributed by atoms with E-state index in [2.05, 4.69) is 5.32 Å². The summed E-state index contributed by atoms with van der Waals surface area (Å²) in [5.41, 5.74) is 0.760. The molecule has 0 bridgehead atoms. The maximum Gasteiger partial charge on any atom is 0.325 e. The minimum absolute atomic E-state index is 0.162. The molecule has 3 amide bonds. The van der Waals surface area contributed by atoms with Gasteiger partial charge in [0.15, 0.2) is 0 Å². The maximum absolute atomic E-state index is 12.8. The molecule has 1 unspecified atom stereocenters. The van der Waals surface area contributed by atoms with Gasteiger partial charge >= 0.3 is 6.03 Å². The number of hydrogen-bond donors (Lipinski definition) is 1. The van der Waals surface area contributed by atoms with E-state index in [4.69, 9.17) is 4.74 Å². The van der Waals surface area contributed by atoms with Crippen molar-refractivity contribution in [3.05, 3.63) is 29.3 Å². The summed E-state index contributed by atoms with van der Waals surface area (Å²) in [4.78, 5) is 26.2. The fourth-order valence-corrected chi connectivity index (χ4v) is 2.85. The van der Waals surface area contributed by atoms with Gasteiger partial charge < -0.3 is 10.1 Å². The van der Waals surface area contributed by atoms with E-state index in [-0.39, 0.29) is 18.0 Å². The number of imide groups is 1. The lowest BCUT2D eigenvalue weighted by Crippen LogP contribution is -2.44. The Bertz CT molecular complexity index is 583. The van der Waals surface area contributed by atoms with E-state index in [1.54, 1.807) is 7.11 Å². The van der Waals surface area contributed by atoms with Crippen LogP contribution in [0.2, 0.25) is 0 Å². The number of urea groups is 1. The number of carbonyl (C=O) groups excluding carboxylic acids is 2. The van der Waals surface area contributed by atoms with Gasteiger partial charge in [0.2, 0.25) is 0 Å². The third-order valence-corrected chi connectivity index (χ3v) is 4.06. The van der Waals surface area contributed by atoms with Crippen LogP contribution in [0.25, 0.3) is 0 Å². The van der Waals surface area contributed by atoms with Gasteiger partial charge in [-0.25, -0.2) is 4.79 Å². The van der Waals surface area contributed by atoms with Gasteiger partial charge in [-0.2, -0.15) is 0 Å². The van der Waals surface area contributed by atoms with Crippen molar-refractivity contribution in [3.8, 4) is 5.75 Å². The second kappa shape index (κ2) is 5.39. The third-order valence-electron chi connectivity index (χ3n) is 4.06. The molecule has 2 rings (SSSR count). The van der Waals surface area contributed by atoms with E-state index in [0.717, 1.165) is 16.9 Å². The number of aryl methyl sites for hydroxylation is 1. The average molecular weight is 290 g/mol. The topological polar surface area (TPSA) is 58.6 Å². The highest BCUT2D eigenvalue weighted by atomic mass is 16.5. The van der Waals surface area contributed by atoms with Gasteiger partial charge in [0, 0.05) is 6.04 Å². The number of rotatable bonds is 4. The molecule has 1 aromatic carbocycles. The molecule has 0 aromatic heterocycles. The highest BCUT2D eigenvalue weighted by molar-refractivity contribution is 6.07. The van der Waals surface area contributed by atoms with Crippen LogP contribution in [0.5, 0.6) is 5.75 Å². The zero-order valence-corrected chi connectivity index (χ0v) is 13.2. The first-order chi connectivity index (χ1) is 9.87. The first-order valence-electron chi connectivity index (χ1n) is 7.18. The average Bonchev–Trinajstić information content (AvgIpc) is 2.70. The number of ether oxygens (including phenoxy) is 1. The zero-order chi connectivity index (χ0) is 15.8. The molecule has 114 valence electrons. The Labute approximate surface area is 125 Å². The van der Waals surface area contributed by atoms with E-state index < -0.39 is 5.54 Å². The summed E-state index contributed by atoms with van der Waals surface area (Å²) in [6, 6.07) is 5.09. The number of amides is 3. The molecule has 1 saturated heterocycles. The Morgan fingerprint density at radius 3 is 2.43 bits per heavy atom. The van der Waals surface area contributed by atoms with Crippen molar-refractivity contribution in [2.75, 3.05) is 7.11 Å². The summed E-state index contributed by atoms with van der Waals surface area (Å²) < 4.78 is 5.25. The first kappa shape index (κ1) is 15.4. The fourth-order valence-electron chi connectivity index (χ4n) is 2.85. The highest BCUT2D eigenvalue weighted by Gasteiger charge is 2.52. The van der Waals surface area contributed by atoms with Gasteiger partial charge in [-0.05, 0) is 50.5 Å². The van der Waals surface area contributed by atoms with E-state index in [0.29, 0.717) is 6.42 Å². The van der Waals surface area contributed by atoms with Gasteiger partial charge in [-0.15, -0.1) is 0 Å². The molecular formula is C16H22N2O3. The molecule has 0 radical (unpaired) electrons. The minimum Gasteiger partial charge on any atom is -0.496 e. The third kappa shape index (κ3) is 2.26. The van der Waals surface area contributed by atoms with Gasteiger partial charge in [-0.1, -0.05) is 13.0 Å². The molecule has 1 N–H and O–H groups in total. The zero-order valence-electron chi connectivity index (χ0n) is 13.2. The summed E-state index contributed by atoms with van der Waals surface area (Å²) >= 11 is 0. The molecule has 0 spiro atoms. The molecule has 1 fully saturated rings. The van der Waals surface area contributed by atoms with Gasteiger partial charge in [0.1, 0.15) is 11.3 Å². The monoisotopic (exact) mass is 290 g/mol. The molecule has 0 aliphatic carbocycles. The van der Waals surface area contributed by atoms with Crippen LogP contribution in [-0.4, -0.2) is 30.0 Å². The first-order valence-corrected chi connectivity index (χ1v) is 7.18. The number of methoxy groups -OCH3 is 1. The summed E-state index contributed by atoms with van der Waals surface area (Å²) in [5, 5.41) is 2.88. The summed E-state index contributed by atoms with van der Waals surface area (Å²) in [7, 11) is 1.61. The van der Waals surface area contributed by atoms with E-state index >= 15 is 0 Å². The Morgan fingerprint density at radius 1 is 1.33 bits per heavy atom. The van der Waals surface area contributed by atoms with Crippen LogP contribution in [0, 0.1) is 6.92 Å². The van der Waals surface area contributed by atoms with Crippen LogP contribution in [-0.2, 0) is 10.3 Å². The molecule has 1 heterocycles. The second-order valence-electron chi connectivity index (χ2n) is 5.64. The quantitative estimate of drug-likeness (QED) is 0.867. The van der Waals surface area contributed by atoms with Crippen LogP contribution >= 0.6 is 0 Å². The van der Waals surface area contributed by atoms with Gasteiger partial charge in [0.25, 0.3) is 5.91 Å². The standard InChI is InChI=1S/C16H22N2O3/c1-6-16(12-7-8-13(21-5)11(4)9-12)14(19)18(10(2)3)15(20)17-16/h7-10H,6H2,1-5H3,(H,17,20). The Morgan fingerprint density at radius 2 is 2.00 bits per heavy atom. The van der Waals surface area contributed by atoms with Crippen LogP contribution in [0.15, 0.2) is 18.2 Å². The molecule has 5 heteroatoms. The molecule has 0 saturated carbocycles. The number of carbonyl (C=O) groups is 2. The number of nitrogens with one attached hydrogen (secondary N) is 1. The smallest absolute Gasteiger partial charge is 0.325 e. The largest absolute Gasteiger partial charge is 0.496 e. The van der Waals surface area contributed by atoms with Crippen LogP contribution in [0.3, 0.4) is 0 Å². The summed E-state index contributed by atoms with van der Waals surface area (Å²) in [5.74, 6) is 0.581. The molecule has 1 aliphatic rings. The molecule has 21 heavy (non-hydrogen) atoms. The second-order valence-corrected chi connectivity index (χ2v) is 5.64. The molecule has 5 nitrogen and oxygen atoms in total. The van der Waals surface area contributed by atoms with Crippen molar-refractivity contribution >= 4 is 11.9 Å². The summed E-state index contributed by atoms with van der Waals surface area (Å²) in [6.07, 6.45) is 0.507. The van der Waals surface area contributed by atoms with Crippen LogP contribution in [0.4, 0.5) is 4.79 Å². The van der Waals surface area contributed by atoms with Gasteiger partial charge in [-0.3, -0.25) is 9.69 Å². The normalized spacial score (nSPS) is 21.9. The van der Waals surface area contributed by atoms with Crippen molar-refractivity contribution in [1.82, 2.24) is 10.2 Å². The van der Waals surface area contributed by atoms with Crippen LogP contribution < -0.4 is 10.1 Å². The van der Waals surface area contributed by atoms with Crippen LogP contribution in [0.1, 0.15) is 38.3 Å². The van der Waals surface area contributed by atoms with E-state index in [1.807, 2.05) is 45.9 Å². The Hall–Kier alpha value is -2.04. The van der Waals surface area contributed by atoms with Crippen molar-refractivity contribution in [3.63, 3.8) is 0 Å². The lowest BCUT2D eigenvalue weighted by molar-refractivity contribution is -0.132. The van der Waals surface area contributed by atoms with E-state index in [1.165, 1.54) is 4.90 Å². The van der Waals surface area contributed by atoms with Crippen molar-refractivity contribution < 1.29 is 14.3 Å². The number of nitrogens with zero attached hydrogens (tertiary/aromatic N) is 1. The molecule has 1 aromatic rings. The SMILES string of the molecule is CCC1(c2ccc(OC)c(C)c2)NC(=O)N(C(C)C)C1=O. The molecule has 1 atom stereocenters. The summed E-state index contributed by atoms with van der Waals surface area (Å²) in [6.45, 7) is 7.50.